The number of ether oxygens (including phenoxy) is 1. The van der Waals surface area contributed by atoms with Crippen LogP contribution in [0.1, 0.15) is 42.6 Å². The van der Waals surface area contributed by atoms with Crippen molar-refractivity contribution in [3.05, 3.63) is 35.5 Å². The van der Waals surface area contributed by atoms with Crippen LogP contribution in [-0.4, -0.2) is 60.3 Å². The number of rotatable bonds is 6. The Bertz CT molecular complexity index is 892. The molecule has 3 rings (SSSR count). The highest BCUT2D eigenvalue weighted by molar-refractivity contribution is 6.09. The van der Waals surface area contributed by atoms with Crippen molar-refractivity contribution in [2.45, 2.75) is 44.9 Å². The maximum Gasteiger partial charge on any atom is 0.253 e. The Morgan fingerprint density at radius 2 is 2.10 bits per heavy atom. The Balaban J connectivity index is 1.65. The fourth-order valence-electron chi connectivity index (χ4n) is 3.81. The van der Waals surface area contributed by atoms with Gasteiger partial charge in [0.1, 0.15) is 5.67 Å². The fraction of sp³-hybridized carbons (Fsp3) is 0.545. The van der Waals surface area contributed by atoms with Crippen molar-refractivity contribution in [1.29, 1.82) is 0 Å². The molecule has 1 aromatic carbocycles. The minimum absolute atomic E-state index is 0.00883. The first-order valence-corrected chi connectivity index (χ1v) is 10.0. The molecular weight excluding hydrogens is 371 g/mol. The summed E-state index contributed by atoms with van der Waals surface area (Å²) in [6, 6.07) is 5.35. The Morgan fingerprint density at radius 3 is 2.76 bits per heavy atom. The number of hydrogen-bond donors (Lipinski definition) is 2. The van der Waals surface area contributed by atoms with Crippen LogP contribution in [0.15, 0.2) is 24.4 Å². The number of nitrogens with one attached hydrogen (secondary N) is 1. The SMILES string of the molecule is COC(C)(C)CN1CCC(F)(CNC(=O)c2cc(C)c(N)c3cccnc23)CC1. The summed E-state index contributed by atoms with van der Waals surface area (Å²) in [7, 11) is 1.69. The average Bonchev–Trinajstić information content (AvgIpc) is 2.71. The highest BCUT2D eigenvalue weighted by Gasteiger charge is 2.36. The summed E-state index contributed by atoms with van der Waals surface area (Å²) < 4.78 is 20.8. The van der Waals surface area contributed by atoms with Crippen molar-refractivity contribution in [2.24, 2.45) is 0 Å². The number of piperidine rings is 1. The topological polar surface area (TPSA) is 80.5 Å². The van der Waals surface area contributed by atoms with E-state index in [0.29, 0.717) is 42.7 Å². The van der Waals surface area contributed by atoms with Crippen LogP contribution in [0.2, 0.25) is 0 Å². The Hall–Kier alpha value is -2.25. The van der Waals surface area contributed by atoms with Gasteiger partial charge in [-0.2, -0.15) is 0 Å². The number of anilines is 1. The number of methoxy groups -OCH3 is 1. The summed E-state index contributed by atoms with van der Waals surface area (Å²) in [6.07, 6.45) is 2.39. The lowest BCUT2D eigenvalue weighted by atomic mass is 9.92. The number of alkyl halides is 1. The third-order valence-electron chi connectivity index (χ3n) is 5.86. The third-order valence-corrected chi connectivity index (χ3v) is 5.86. The summed E-state index contributed by atoms with van der Waals surface area (Å²) in [5.41, 5.74) is 6.84. The molecule has 3 N–H and O–H groups in total. The molecule has 2 heterocycles. The normalized spacial score (nSPS) is 17.4. The number of halogens is 1. The van der Waals surface area contributed by atoms with Crippen molar-refractivity contribution in [2.75, 3.05) is 39.0 Å². The molecule has 1 fully saturated rings. The van der Waals surface area contributed by atoms with Crippen LogP contribution >= 0.6 is 0 Å². The number of fused-ring (bicyclic) bond motifs is 1. The van der Waals surface area contributed by atoms with Crippen LogP contribution in [0, 0.1) is 6.92 Å². The van der Waals surface area contributed by atoms with E-state index in [2.05, 4.69) is 15.2 Å². The monoisotopic (exact) mass is 402 g/mol. The van der Waals surface area contributed by atoms with Crippen molar-refractivity contribution in [1.82, 2.24) is 15.2 Å². The van der Waals surface area contributed by atoms with Crippen molar-refractivity contribution in [3.63, 3.8) is 0 Å². The van der Waals surface area contributed by atoms with Crippen LogP contribution in [0.3, 0.4) is 0 Å². The van der Waals surface area contributed by atoms with E-state index in [-0.39, 0.29) is 18.1 Å². The summed E-state index contributed by atoms with van der Waals surface area (Å²) in [4.78, 5) is 19.3. The van der Waals surface area contributed by atoms with Gasteiger partial charge < -0.3 is 20.7 Å². The van der Waals surface area contributed by atoms with E-state index < -0.39 is 5.67 Å². The highest BCUT2D eigenvalue weighted by atomic mass is 19.1. The maximum absolute atomic E-state index is 15.3. The molecule has 2 aromatic rings. The number of likely N-dealkylation sites (tertiary alicyclic amines) is 1. The van der Waals surface area contributed by atoms with Gasteiger partial charge in [0.15, 0.2) is 0 Å². The van der Waals surface area contributed by atoms with Gasteiger partial charge in [0.2, 0.25) is 0 Å². The number of nitrogens with two attached hydrogens (primary N) is 1. The predicted molar refractivity (Wildman–Crippen MR) is 114 cm³/mol. The summed E-state index contributed by atoms with van der Waals surface area (Å²) in [6.45, 7) is 7.94. The second-order valence-electron chi connectivity index (χ2n) is 8.63. The Morgan fingerprint density at radius 1 is 1.41 bits per heavy atom. The molecule has 0 bridgehead atoms. The van der Waals surface area contributed by atoms with Crippen molar-refractivity contribution >= 4 is 22.5 Å². The zero-order valence-electron chi connectivity index (χ0n) is 17.7. The summed E-state index contributed by atoms with van der Waals surface area (Å²) in [5, 5.41) is 3.52. The van der Waals surface area contributed by atoms with Gasteiger partial charge in [-0.15, -0.1) is 0 Å². The summed E-state index contributed by atoms with van der Waals surface area (Å²) >= 11 is 0. The predicted octanol–water partition coefficient (Wildman–Crippen LogP) is 3.08. The molecule has 0 atom stereocenters. The van der Waals surface area contributed by atoms with E-state index in [1.165, 1.54) is 0 Å². The van der Waals surface area contributed by atoms with Crippen LogP contribution in [0.25, 0.3) is 10.9 Å². The average molecular weight is 403 g/mol. The zero-order chi connectivity index (χ0) is 21.2. The minimum atomic E-state index is -1.41. The molecule has 1 aliphatic heterocycles. The molecule has 1 saturated heterocycles. The quantitative estimate of drug-likeness (QED) is 0.726. The van der Waals surface area contributed by atoms with Gasteiger partial charge in [0.25, 0.3) is 5.91 Å². The smallest absolute Gasteiger partial charge is 0.253 e. The van der Waals surface area contributed by atoms with Gasteiger partial charge in [-0.3, -0.25) is 9.78 Å². The van der Waals surface area contributed by atoms with E-state index in [1.807, 2.05) is 26.8 Å². The van der Waals surface area contributed by atoms with Crippen molar-refractivity contribution < 1.29 is 13.9 Å². The second kappa shape index (κ2) is 8.24. The molecule has 0 spiro atoms. The standard InChI is InChI=1S/C22H31FN4O2/c1-15-12-17(19-16(18(15)24)6-5-9-25-19)20(28)26-13-22(23)7-10-27(11-8-22)14-21(2,3)29-4/h5-6,9,12H,7-8,10-11,13-14,24H2,1-4H3,(H,26,28). The number of amides is 1. The van der Waals surface area contributed by atoms with Crippen LogP contribution in [0.5, 0.6) is 0 Å². The van der Waals surface area contributed by atoms with E-state index in [1.54, 1.807) is 25.4 Å². The molecule has 158 valence electrons. The van der Waals surface area contributed by atoms with Crippen LogP contribution in [0.4, 0.5) is 10.1 Å². The van der Waals surface area contributed by atoms with Gasteiger partial charge in [0, 0.05) is 44.0 Å². The van der Waals surface area contributed by atoms with E-state index in [4.69, 9.17) is 10.5 Å². The number of nitrogens with zero attached hydrogens (tertiary/aromatic N) is 2. The first-order chi connectivity index (χ1) is 13.6. The Kier molecular flexibility index (Phi) is 6.10. The lowest BCUT2D eigenvalue weighted by Gasteiger charge is -2.39. The van der Waals surface area contributed by atoms with Gasteiger partial charge in [-0.1, -0.05) is 0 Å². The minimum Gasteiger partial charge on any atom is -0.398 e. The maximum atomic E-state index is 15.3. The van der Waals surface area contributed by atoms with E-state index in [9.17, 15) is 4.79 Å². The zero-order valence-corrected chi connectivity index (χ0v) is 17.7. The molecule has 0 aliphatic carbocycles. The first kappa shape index (κ1) is 21.5. The molecule has 0 radical (unpaired) electrons. The molecule has 1 amide bonds. The largest absolute Gasteiger partial charge is 0.398 e. The molecule has 29 heavy (non-hydrogen) atoms. The number of aryl methyl sites for hydroxylation is 1. The van der Waals surface area contributed by atoms with Crippen LogP contribution in [-0.2, 0) is 4.74 Å². The van der Waals surface area contributed by atoms with Gasteiger partial charge in [0.05, 0.1) is 23.2 Å². The van der Waals surface area contributed by atoms with Gasteiger partial charge in [-0.25, -0.2) is 4.39 Å². The number of hydrogen-bond acceptors (Lipinski definition) is 5. The molecular formula is C22H31FN4O2. The van der Waals surface area contributed by atoms with Crippen LogP contribution < -0.4 is 11.1 Å². The summed E-state index contributed by atoms with van der Waals surface area (Å²) in [5.74, 6) is -0.322. The third kappa shape index (κ3) is 4.85. The van der Waals surface area contributed by atoms with E-state index in [0.717, 1.165) is 17.5 Å². The van der Waals surface area contributed by atoms with E-state index >= 15 is 4.39 Å². The number of aromatic nitrogens is 1. The number of carbonyl (C=O) groups excluding carboxylic acids is 1. The van der Waals surface area contributed by atoms with Crippen molar-refractivity contribution in [3.8, 4) is 0 Å². The first-order valence-electron chi connectivity index (χ1n) is 10.0. The number of nitrogen functional groups attached to an aromatic ring is 1. The van der Waals surface area contributed by atoms with Gasteiger partial charge in [-0.05, 0) is 57.4 Å². The number of carbonyl (C=O) groups is 1. The lowest BCUT2D eigenvalue weighted by molar-refractivity contribution is -0.0274. The van der Waals surface area contributed by atoms with Gasteiger partial charge >= 0.3 is 0 Å². The molecule has 0 unspecified atom stereocenters. The molecule has 1 aliphatic rings. The second-order valence-corrected chi connectivity index (χ2v) is 8.63. The molecule has 7 heteroatoms. The molecule has 0 saturated carbocycles. The Labute approximate surface area is 171 Å². The number of pyridine rings is 1. The fourth-order valence-corrected chi connectivity index (χ4v) is 3.81. The molecule has 6 nitrogen and oxygen atoms in total. The highest BCUT2D eigenvalue weighted by Crippen LogP contribution is 2.29. The lowest BCUT2D eigenvalue weighted by Crippen LogP contribution is -2.51. The number of benzene rings is 1. The molecule has 1 aromatic heterocycles.